The molecule has 8 rings (SSSR count). The van der Waals surface area contributed by atoms with Gasteiger partial charge in [0.25, 0.3) is 0 Å². The predicted octanol–water partition coefficient (Wildman–Crippen LogP) is 8.75. The molecule has 0 unspecified atom stereocenters. The van der Waals surface area contributed by atoms with Crippen LogP contribution in [0.15, 0.2) is 177 Å². The number of fused-ring (bicyclic) bond motifs is 2. The lowest BCUT2D eigenvalue weighted by Crippen LogP contribution is -2.27. The Morgan fingerprint density at radius 2 is 1.00 bits per heavy atom. The quantitative estimate of drug-likeness (QED) is 0.0774. The fourth-order valence-electron chi connectivity index (χ4n) is 6.55. The number of pyridine rings is 2. The van der Waals surface area contributed by atoms with Gasteiger partial charge in [-0.15, -0.1) is 0 Å². The first-order chi connectivity index (χ1) is 31.5. The summed E-state index contributed by atoms with van der Waals surface area (Å²) in [6, 6.07) is 40.5. The van der Waals surface area contributed by atoms with E-state index in [1.165, 1.54) is 12.1 Å². The molecule has 64 heavy (non-hydrogen) atoms. The van der Waals surface area contributed by atoms with Crippen LogP contribution in [0.5, 0.6) is 11.5 Å². The molecule has 0 aliphatic rings. The van der Waals surface area contributed by atoms with E-state index in [2.05, 4.69) is 27.0 Å². The van der Waals surface area contributed by atoms with Crippen LogP contribution in [0, 0.1) is 0 Å². The second-order valence-electron chi connectivity index (χ2n) is 14.1. The number of halogens is 1. The van der Waals surface area contributed by atoms with Gasteiger partial charge in [-0.2, -0.15) is 0 Å². The zero-order valence-corrected chi connectivity index (χ0v) is 35.6. The van der Waals surface area contributed by atoms with Gasteiger partial charge in [0.2, 0.25) is 0 Å². The Morgan fingerprint density at radius 3 is 1.44 bits per heavy atom. The Kier molecular flexibility index (Phi) is 18.3. The van der Waals surface area contributed by atoms with Crippen LogP contribution in [0.2, 0.25) is 0 Å². The zero-order valence-electron chi connectivity index (χ0n) is 35.6. The summed E-state index contributed by atoms with van der Waals surface area (Å²) in [6.45, 7) is 5.85. The summed E-state index contributed by atoms with van der Waals surface area (Å²) in [6.07, 6.45) is 7.35. The van der Waals surface area contributed by atoms with Crippen molar-refractivity contribution in [3.8, 4) is 34.1 Å². The largest absolute Gasteiger partial charge is 0.491 e. The third-order valence-corrected chi connectivity index (χ3v) is 9.61. The molecule has 8 aromatic rings. The second-order valence-corrected chi connectivity index (χ2v) is 14.1. The molecule has 4 heterocycles. The van der Waals surface area contributed by atoms with E-state index in [0.717, 1.165) is 53.4 Å². The minimum atomic E-state index is -0.0567. The molecule has 330 valence electrons. The molecule has 2 N–H and O–H groups in total. The first-order valence-electron chi connectivity index (χ1n) is 20.8. The van der Waals surface area contributed by atoms with Crippen molar-refractivity contribution in [2.45, 2.75) is 13.1 Å². The number of nitrogens with zero attached hydrogens (tertiary/aromatic N) is 3. The summed E-state index contributed by atoms with van der Waals surface area (Å²) < 4.78 is 43.8. The van der Waals surface area contributed by atoms with Crippen molar-refractivity contribution in [3.63, 3.8) is 0 Å². The molecule has 0 spiro atoms. The molecule has 4 aromatic carbocycles. The van der Waals surface area contributed by atoms with Crippen LogP contribution in [0.1, 0.15) is 11.1 Å². The van der Waals surface area contributed by atoms with E-state index in [1.807, 2.05) is 97.3 Å². The van der Waals surface area contributed by atoms with E-state index < -0.39 is 0 Å². The normalized spacial score (nSPS) is 10.8. The van der Waals surface area contributed by atoms with Crippen molar-refractivity contribution in [1.29, 1.82) is 0 Å². The van der Waals surface area contributed by atoms with Crippen molar-refractivity contribution >= 4 is 21.9 Å². The highest BCUT2D eigenvalue weighted by Gasteiger charge is 2.10. The van der Waals surface area contributed by atoms with Crippen LogP contribution < -0.4 is 26.1 Å². The van der Waals surface area contributed by atoms with Gasteiger partial charge in [-0.3, -0.25) is 28.8 Å². The monoisotopic (exact) mass is 866 g/mol. The van der Waals surface area contributed by atoms with Crippen molar-refractivity contribution in [1.82, 2.24) is 14.9 Å². The minimum Gasteiger partial charge on any atom is -0.491 e. The molecule has 0 fully saturated rings. The van der Waals surface area contributed by atoms with E-state index in [4.69, 9.17) is 33.5 Å². The zero-order chi connectivity index (χ0) is 44.8. The first-order valence-corrected chi connectivity index (χ1v) is 20.8. The molecule has 0 aliphatic heterocycles. The molecule has 13 heteroatoms. The molecular weight excluding hydrogens is 816 g/mol. The van der Waals surface area contributed by atoms with E-state index in [-0.39, 0.29) is 10.9 Å². The maximum atomic E-state index is 12.4. The summed E-state index contributed by atoms with van der Waals surface area (Å²) in [5.41, 5.74) is 10.3. The van der Waals surface area contributed by atoms with Gasteiger partial charge in [0.15, 0.2) is 10.9 Å². The van der Waals surface area contributed by atoms with Gasteiger partial charge in [-0.25, -0.2) is 0 Å². The summed E-state index contributed by atoms with van der Waals surface area (Å²) in [7, 11) is 0.500. The molecule has 12 nitrogen and oxygen atoms in total. The van der Waals surface area contributed by atoms with E-state index in [0.29, 0.717) is 86.8 Å². The third kappa shape index (κ3) is 14.0. The van der Waals surface area contributed by atoms with Crippen molar-refractivity contribution in [3.05, 3.63) is 190 Å². The highest BCUT2D eigenvalue weighted by Crippen LogP contribution is 2.26. The van der Waals surface area contributed by atoms with Gasteiger partial charge < -0.3 is 33.5 Å². The van der Waals surface area contributed by atoms with E-state index in [9.17, 15) is 14.0 Å². The van der Waals surface area contributed by atoms with Crippen LogP contribution >= 0.6 is 0 Å². The van der Waals surface area contributed by atoms with Gasteiger partial charge in [-0.05, 0) is 96.1 Å². The molecule has 0 aliphatic carbocycles. The Hall–Kier alpha value is -7.03. The molecule has 4 aromatic heterocycles. The molecule has 0 radical (unpaired) electrons. The van der Waals surface area contributed by atoms with Crippen molar-refractivity contribution in [2.75, 3.05) is 59.9 Å². The maximum Gasteiger partial charge on any atom is 0.193 e. The molecule has 0 saturated carbocycles. The number of hydrogen-bond acceptors (Lipinski definition) is 12. The standard InChI is InChI=1S/C31H29N3O4.C19H19NO4.CH3F/c35-29-19-31(38-30-8-2-1-7-28(29)30)26-9-11-27(12-10-26)37-18-17-36-16-15-34(22-24-5-3-13-32-20-24)23-25-6-4-14-33-21-25;20-9-10-22-11-12-23-15-7-5-14(6-8-15)19-13-17(21)16-3-1-2-4-18(16)24-19;1-2/h1-14,19-21H,15-18,22-23H2;1-8,13H,9-12,20H2;1H3. The van der Waals surface area contributed by atoms with Crippen LogP contribution in [0.4, 0.5) is 4.39 Å². The smallest absolute Gasteiger partial charge is 0.193 e. The number of rotatable bonds is 19. The fraction of sp³-hybridized carbons (Fsp3) is 0.216. The van der Waals surface area contributed by atoms with Gasteiger partial charge in [0.1, 0.15) is 47.4 Å². The molecular formula is C51H51FN4O8. The highest BCUT2D eigenvalue weighted by molar-refractivity contribution is 5.79. The second kappa shape index (κ2) is 25.2. The van der Waals surface area contributed by atoms with Crippen molar-refractivity contribution in [2.24, 2.45) is 5.73 Å². The summed E-state index contributed by atoms with van der Waals surface area (Å²) in [5, 5.41) is 1.16. The summed E-state index contributed by atoms with van der Waals surface area (Å²) >= 11 is 0. The van der Waals surface area contributed by atoms with E-state index >= 15 is 0 Å². The summed E-state index contributed by atoms with van der Waals surface area (Å²) in [5.74, 6) is 2.54. The lowest BCUT2D eigenvalue weighted by atomic mass is 10.1. The first kappa shape index (κ1) is 46.5. The topological polar surface area (TPSA) is 152 Å². The Morgan fingerprint density at radius 1 is 0.547 bits per heavy atom. The molecule has 0 saturated heterocycles. The molecule has 0 bridgehead atoms. The maximum absolute atomic E-state index is 12.4. The molecule has 0 atom stereocenters. The Bertz CT molecular complexity index is 2680. The minimum absolute atomic E-state index is 0.0516. The molecule has 0 amide bonds. The third-order valence-electron chi connectivity index (χ3n) is 9.61. The lowest BCUT2D eigenvalue weighted by molar-refractivity contribution is 0.0760. The fourth-order valence-corrected chi connectivity index (χ4v) is 6.55. The van der Waals surface area contributed by atoms with Gasteiger partial charge in [0.05, 0.1) is 44.4 Å². The number of nitrogens with two attached hydrogens (primary N) is 1. The number of aromatic nitrogens is 2. The Labute approximate surface area is 370 Å². The Balaban J connectivity index is 0.000000225. The number of para-hydroxylation sites is 2. The highest BCUT2D eigenvalue weighted by atomic mass is 19.1. The summed E-state index contributed by atoms with van der Waals surface area (Å²) in [4.78, 5) is 35.3. The van der Waals surface area contributed by atoms with Gasteiger partial charge >= 0.3 is 0 Å². The SMILES string of the molecule is CF.NCCOCCOc1ccc(-c2cc(=O)c3ccccc3o2)cc1.O=c1cc(-c2ccc(OCCOCCN(Cc3cccnc3)Cc3cccnc3)cc2)oc2ccccc12. The van der Waals surface area contributed by atoms with Crippen LogP contribution in [0.3, 0.4) is 0 Å². The van der Waals surface area contributed by atoms with Gasteiger partial charge in [-0.1, -0.05) is 36.4 Å². The van der Waals surface area contributed by atoms with Gasteiger partial charge in [0, 0.05) is 74.2 Å². The van der Waals surface area contributed by atoms with Crippen LogP contribution in [0.25, 0.3) is 44.6 Å². The number of benzene rings is 4. The number of ether oxygens (including phenoxy) is 4. The predicted molar refractivity (Wildman–Crippen MR) is 247 cm³/mol. The van der Waals surface area contributed by atoms with Crippen molar-refractivity contribution < 1.29 is 32.2 Å². The average Bonchev–Trinajstić information content (AvgIpc) is 3.34. The van der Waals surface area contributed by atoms with E-state index in [1.54, 1.807) is 36.7 Å². The number of alkyl halides is 1. The van der Waals surface area contributed by atoms with Crippen LogP contribution in [-0.2, 0) is 22.6 Å². The lowest BCUT2D eigenvalue weighted by Gasteiger charge is -2.22. The number of hydrogen-bond donors (Lipinski definition) is 1. The van der Waals surface area contributed by atoms with Crippen LogP contribution in [-0.4, -0.2) is 74.8 Å². The average molecular weight is 867 g/mol.